The number of benzene rings is 2. The maximum atomic E-state index is 12.8. The summed E-state index contributed by atoms with van der Waals surface area (Å²) >= 11 is 0. The van der Waals surface area contributed by atoms with Crippen molar-refractivity contribution in [2.75, 3.05) is 27.8 Å². The fraction of sp³-hybridized carbons (Fsp3) is 0.222. The number of aromatic hydroxyl groups is 1. The van der Waals surface area contributed by atoms with Crippen molar-refractivity contribution in [1.29, 1.82) is 0 Å². The predicted molar refractivity (Wildman–Crippen MR) is 103 cm³/mol. The molecule has 0 heterocycles. The van der Waals surface area contributed by atoms with E-state index in [1.165, 1.54) is 51.7 Å². The molecule has 0 fully saturated rings. The quantitative estimate of drug-likeness (QED) is 0.501. The minimum absolute atomic E-state index is 0.112. The molecule has 2 rings (SSSR count). The summed E-state index contributed by atoms with van der Waals surface area (Å²) in [6.07, 6.45) is 1.37. The van der Waals surface area contributed by atoms with Gasteiger partial charge in [-0.15, -0.1) is 0 Å². The number of phenolic OH excluding ortho intramolecular Hbond substituents is 1. The van der Waals surface area contributed by atoms with E-state index in [9.17, 15) is 18.3 Å². The first kappa shape index (κ1) is 21.2. The number of carbonyl (C=O) groups is 1. The summed E-state index contributed by atoms with van der Waals surface area (Å²) in [7, 11) is 0.0427. The van der Waals surface area contributed by atoms with Gasteiger partial charge in [0.1, 0.15) is 22.1 Å². The lowest BCUT2D eigenvalue weighted by Crippen LogP contribution is -2.36. The molecule has 0 aliphatic carbocycles. The molecule has 0 unspecified atom stereocenters. The van der Waals surface area contributed by atoms with E-state index in [1.807, 2.05) is 0 Å². The van der Waals surface area contributed by atoms with Crippen molar-refractivity contribution in [3.8, 4) is 17.2 Å². The van der Waals surface area contributed by atoms with Crippen molar-refractivity contribution < 1.29 is 27.8 Å². The number of carbonyl (C=O) groups excluding carboxylic acids is 1. The topological polar surface area (TPSA) is 118 Å². The number of amides is 1. The Kier molecular flexibility index (Phi) is 6.96. The number of sulfonamides is 1. The Labute approximate surface area is 163 Å². The number of nitrogens with one attached hydrogen (secondary N) is 1. The summed E-state index contributed by atoms with van der Waals surface area (Å²) < 4.78 is 36.6. The van der Waals surface area contributed by atoms with E-state index in [1.54, 1.807) is 18.2 Å². The lowest BCUT2D eigenvalue weighted by atomic mass is 10.2. The first-order valence-electron chi connectivity index (χ1n) is 8.07. The molecule has 0 bridgehead atoms. The number of hydrogen-bond donors (Lipinski definition) is 2. The van der Waals surface area contributed by atoms with Gasteiger partial charge in [0.25, 0.3) is 5.91 Å². The smallest absolute Gasteiger partial charge is 0.255 e. The maximum Gasteiger partial charge on any atom is 0.255 e. The summed E-state index contributed by atoms with van der Waals surface area (Å²) in [6.45, 7) is -0.449. The number of methoxy groups -OCH3 is 2. The van der Waals surface area contributed by atoms with Crippen LogP contribution < -0.4 is 14.9 Å². The van der Waals surface area contributed by atoms with Crippen LogP contribution in [0, 0.1) is 0 Å². The van der Waals surface area contributed by atoms with Gasteiger partial charge < -0.3 is 14.6 Å². The highest BCUT2D eigenvalue weighted by Crippen LogP contribution is 2.30. The van der Waals surface area contributed by atoms with Gasteiger partial charge in [0.05, 0.1) is 27.0 Å². The van der Waals surface area contributed by atoms with Gasteiger partial charge in [0.2, 0.25) is 10.0 Å². The molecule has 28 heavy (non-hydrogen) atoms. The van der Waals surface area contributed by atoms with Crippen molar-refractivity contribution in [1.82, 2.24) is 9.73 Å². The molecular formula is C18H21N3O6S. The van der Waals surface area contributed by atoms with Crippen molar-refractivity contribution >= 4 is 22.1 Å². The number of rotatable bonds is 8. The second-order valence-electron chi connectivity index (χ2n) is 5.66. The molecule has 0 aromatic heterocycles. The molecule has 0 aliphatic heterocycles. The summed E-state index contributed by atoms with van der Waals surface area (Å²) in [5.41, 5.74) is 2.91. The SMILES string of the molecule is COc1ccc(OC)c(S(=O)(=O)N(C)CC(=O)NN=Cc2ccc(O)cc2)c1. The van der Waals surface area contributed by atoms with Crippen molar-refractivity contribution in [3.05, 3.63) is 48.0 Å². The van der Waals surface area contributed by atoms with E-state index in [-0.39, 0.29) is 16.4 Å². The van der Waals surface area contributed by atoms with E-state index in [2.05, 4.69) is 10.5 Å². The Bertz CT molecular complexity index is 958. The fourth-order valence-corrected chi connectivity index (χ4v) is 3.51. The maximum absolute atomic E-state index is 12.8. The molecule has 2 N–H and O–H groups in total. The Hall–Kier alpha value is -3.11. The summed E-state index contributed by atoms with van der Waals surface area (Å²) in [4.78, 5) is 11.9. The molecule has 0 aliphatic rings. The number of ether oxygens (including phenoxy) is 2. The molecular weight excluding hydrogens is 386 g/mol. The van der Waals surface area contributed by atoms with Gasteiger partial charge in [0, 0.05) is 13.1 Å². The minimum Gasteiger partial charge on any atom is -0.508 e. The number of likely N-dealkylation sites (N-methyl/N-ethyl adjacent to an activating group) is 1. The molecule has 0 spiro atoms. The third-order valence-electron chi connectivity index (χ3n) is 3.72. The van der Waals surface area contributed by atoms with Crippen LogP contribution in [0.15, 0.2) is 52.5 Å². The Morgan fingerprint density at radius 1 is 1.18 bits per heavy atom. The van der Waals surface area contributed by atoms with Gasteiger partial charge in [-0.2, -0.15) is 9.41 Å². The highest BCUT2D eigenvalue weighted by atomic mass is 32.2. The van der Waals surface area contributed by atoms with E-state index in [0.29, 0.717) is 11.3 Å². The molecule has 0 saturated heterocycles. The molecule has 0 radical (unpaired) electrons. The predicted octanol–water partition coefficient (Wildman–Crippen LogP) is 1.18. The van der Waals surface area contributed by atoms with Gasteiger partial charge in [-0.3, -0.25) is 4.79 Å². The molecule has 150 valence electrons. The number of phenols is 1. The van der Waals surface area contributed by atoms with Crippen LogP contribution in [-0.2, 0) is 14.8 Å². The van der Waals surface area contributed by atoms with Gasteiger partial charge in [-0.05, 0) is 42.0 Å². The Morgan fingerprint density at radius 3 is 2.46 bits per heavy atom. The van der Waals surface area contributed by atoms with E-state index in [0.717, 1.165) is 4.31 Å². The first-order valence-corrected chi connectivity index (χ1v) is 9.51. The molecule has 10 heteroatoms. The van der Waals surface area contributed by atoms with Crippen LogP contribution in [0.5, 0.6) is 17.2 Å². The number of hydrogen-bond acceptors (Lipinski definition) is 7. The van der Waals surface area contributed by atoms with Crippen LogP contribution >= 0.6 is 0 Å². The summed E-state index contributed by atoms with van der Waals surface area (Å²) in [5, 5.41) is 13.0. The molecule has 0 atom stereocenters. The van der Waals surface area contributed by atoms with Gasteiger partial charge in [0.15, 0.2) is 0 Å². The van der Waals surface area contributed by atoms with Gasteiger partial charge in [-0.1, -0.05) is 0 Å². The second-order valence-corrected chi connectivity index (χ2v) is 7.68. The highest BCUT2D eigenvalue weighted by Gasteiger charge is 2.27. The zero-order valence-electron chi connectivity index (χ0n) is 15.6. The van der Waals surface area contributed by atoms with Crippen LogP contribution in [0.3, 0.4) is 0 Å². The summed E-state index contributed by atoms with van der Waals surface area (Å²) in [5.74, 6) is -0.0295. The second kappa shape index (κ2) is 9.20. The van der Waals surface area contributed by atoms with Crippen LogP contribution in [0.2, 0.25) is 0 Å². The third-order valence-corrected chi connectivity index (χ3v) is 5.55. The van der Waals surface area contributed by atoms with Crippen molar-refractivity contribution in [3.63, 3.8) is 0 Å². The Morgan fingerprint density at radius 2 is 1.86 bits per heavy atom. The van der Waals surface area contributed by atoms with E-state index in [4.69, 9.17) is 9.47 Å². The number of nitrogens with zero attached hydrogens (tertiary/aromatic N) is 2. The standard InChI is InChI=1S/C18H21N3O6S/c1-21(12-18(23)20-19-11-13-4-6-14(22)7-5-13)28(24,25)17-10-15(26-2)8-9-16(17)27-3/h4-11,22H,12H2,1-3H3,(H,20,23). The largest absolute Gasteiger partial charge is 0.508 e. The van der Waals surface area contributed by atoms with Crippen molar-refractivity contribution in [2.24, 2.45) is 5.10 Å². The van der Waals surface area contributed by atoms with Crippen LogP contribution in [0.1, 0.15) is 5.56 Å². The highest BCUT2D eigenvalue weighted by molar-refractivity contribution is 7.89. The van der Waals surface area contributed by atoms with E-state index >= 15 is 0 Å². The van der Waals surface area contributed by atoms with E-state index < -0.39 is 22.5 Å². The lowest BCUT2D eigenvalue weighted by Gasteiger charge is -2.18. The lowest BCUT2D eigenvalue weighted by molar-refractivity contribution is -0.121. The molecule has 2 aromatic carbocycles. The fourth-order valence-electron chi connectivity index (χ4n) is 2.22. The molecule has 1 amide bonds. The van der Waals surface area contributed by atoms with Crippen LogP contribution in [-0.4, -0.2) is 57.8 Å². The van der Waals surface area contributed by atoms with Crippen molar-refractivity contribution in [2.45, 2.75) is 4.90 Å². The zero-order valence-corrected chi connectivity index (χ0v) is 16.4. The van der Waals surface area contributed by atoms with Gasteiger partial charge in [-0.25, -0.2) is 13.8 Å². The molecule has 9 nitrogen and oxygen atoms in total. The van der Waals surface area contributed by atoms with Crippen LogP contribution in [0.4, 0.5) is 0 Å². The van der Waals surface area contributed by atoms with Crippen LogP contribution in [0.25, 0.3) is 0 Å². The normalized spacial score (nSPS) is 11.6. The number of hydrazone groups is 1. The molecule has 0 saturated carbocycles. The molecule has 2 aromatic rings. The Balaban J connectivity index is 2.07. The zero-order chi connectivity index (χ0) is 20.7. The van der Waals surface area contributed by atoms with Gasteiger partial charge >= 0.3 is 0 Å². The third kappa shape index (κ3) is 5.21. The average Bonchev–Trinajstić information content (AvgIpc) is 2.68. The first-order chi connectivity index (χ1) is 13.3. The monoisotopic (exact) mass is 407 g/mol. The minimum atomic E-state index is -4.00. The average molecular weight is 407 g/mol. The summed E-state index contributed by atoms with van der Waals surface area (Å²) in [6, 6.07) is 10.5.